The van der Waals surface area contributed by atoms with Gasteiger partial charge in [0.2, 0.25) is 10.0 Å². The van der Waals surface area contributed by atoms with Gasteiger partial charge in [-0.3, -0.25) is 0 Å². The number of primary sulfonamides is 1. The van der Waals surface area contributed by atoms with E-state index >= 15 is 0 Å². The fraction of sp³-hybridized carbons (Fsp3) is 0. The van der Waals surface area contributed by atoms with Gasteiger partial charge in [-0.1, -0.05) is 0 Å². The minimum Gasteiger partial charge on any atom is -0.397 e. The first-order valence-electron chi connectivity index (χ1n) is 5.41. The molecule has 0 heterocycles. The van der Waals surface area contributed by atoms with E-state index in [0.717, 1.165) is 24.3 Å². The van der Waals surface area contributed by atoms with Crippen LogP contribution >= 0.6 is 0 Å². The molecular formula is C12H11F2N3O2S. The number of halogens is 2. The van der Waals surface area contributed by atoms with Crippen LogP contribution in [0.2, 0.25) is 0 Å². The van der Waals surface area contributed by atoms with Crippen molar-refractivity contribution in [1.82, 2.24) is 0 Å². The van der Waals surface area contributed by atoms with E-state index in [0.29, 0.717) is 5.69 Å². The zero-order chi connectivity index (χ0) is 14.9. The molecule has 106 valence electrons. The second-order valence-corrected chi connectivity index (χ2v) is 5.64. The van der Waals surface area contributed by atoms with Crippen LogP contribution in [0, 0.1) is 11.6 Å². The van der Waals surface area contributed by atoms with Crippen LogP contribution in [0.15, 0.2) is 41.3 Å². The molecule has 2 rings (SSSR count). The maximum Gasteiger partial charge on any atom is 0.238 e. The Bertz CT molecular complexity index is 743. The molecule has 0 spiro atoms. The summed E-state index contributed by atoms with van der Waals surface area (Å²) in [6, 6.07) is 6.65. The molecule has 0 saturated carbocycles. The van der Waals surface area contributed by atoms with Crippen LogP contribution in [0.25, 0.3) is 0 Å². The van der Waals surface area contributed by atoms with Gasteiger partial charge in [-0.2, -0.15) is 0 Å². The standard InChI is InChI=1S/C12H11F2N3O2S/c13-7-3-8(14)5-9(4-7)17-12-2-1-10(6-11(12)15)20(16,18)19/h1-6,17H,15H2,(H2,16,18,19). The molecule has 2 aromatic carbocycles. The van der Waals surface area contributed by atoms with Gasteiger partial charge in [0.1, 0.15) is 11.6 Å². The van der Waals surface area contributed by atoms with E-state index in [-0.39, 0.29) is 16.3 Å². The highest BCUT2D eigenvalue weighted by Gasteiger charge is 2.10. The molecule has 8 heteroatoms. The van der Waals surface area contributed by atoms with Crippen LogP contribution in [0.4, 0.5) is 25.8 Å². The van der Waals surface area contributed by atoms with E-state index in [2.05, 4.69) is 5.32 Å². The van der Waals surface area contributed by atoms with Crippen molar-refractivity contribution in [3.63, 3.8) is 0 Å². The Hall–Kier alpha value is -2.19. The average molecular weight is 299 g/mol. The Balaban J connectivity index is 2.35. The van der Waals surface area contributed by atoms with Crippen LogP contribution < -0.4 is 16.2 Å². The summed E-state index contributed by atoms with van der Waals surface area (Å²) in [5.74, 6) is -1.49. The topological polar surface area (TPSA) is 98.2 Å². The third-order valence-electron chi connectivity index (χ3n) is 2.49. The van der Waals surface area contributed by atoms with E-state index in [9.17, 15) is 17.2 Å². The number of sulfonamides is 1. The predicted molar refractivity (Wildman–Crippen MR) is 71.9 cm³/mol. The minimum absolute atomic E-state index is 0.0844. The first kappa shape index (κ1) is 14.2. The largest absolute Gasteiger partial charge is 0.397 e. The van der Waals surface area contributed by atoms with Crippen molar-refractivity contribution in [2.24, 2.45) is 5.14 Å². The molecule has 0 fully saturated rings. The molecule has 0 aromatic heterocycles. The number of rotatable bonds is 3. The fourth-order valence-electron chi connectivity index (χ4n) is 1.61. The second-order valence-electron chi connectivity index (χ2n) is 4.08. The number of hydrogen-bond acceptors (Lipinski definition) is 4. The average Bonchev–Trinajstić information content (AvgIpc) is 2.29. The quantitative estimate of drug-likeness (QED) is 0.754. The molecular weight excluding hydrogens is 288 g/mol. The molecule has 20 heavy (non-hydrogen) atoms. The van der Waals surface area contributed by atoms with Crippen LogP contribution in [0.5, 0.6) is 0 Å². The van der Waals surface area contributed by atoms with Gasteiger partial charge in [-0.05, 0) is 30.3 Å². The molecule has 0 radical (unpaired) electrons. The number of hydrogen-bond donors (Lipinski definition) is 3. The summed E-state index contributed by atoms with van der Waals surface area (Å²) in [6.45, 7) is 0. The van der Waals surface area contributed by atoms with E-state index in [4.69, 9.17) is 10.9 Å². The molecule has 0 saturated heterocycles. The summed E-state index contributed by atoms with van der Waals surface area (Å²) in [4.78, 5) is -0.147. The lowest BCUT2D eigenvalue weighted by molar-refractivity contribution is 0.584. The van der Waals surface area contributed by atoms with Gasteiger partial charge in [0.05, 0.1) is 16.3 Å². The molecule has 0 aliphatic rings. The fourth-order valence-corrected chi connectivity index (χ4v) is 2.16. The third kappa shape index (κ3) is 3.22. The highest BCUT2D eigenvalue weighted by molar-refractivity contribution is 7.89. The SMILES string of the molecule is Nc1cc(S(N)(=O)=O)ccc1Nc1cc(F)cc(F)c1. The first-order valence-corrected chi connectivity index (χ1v) is 6.96. The van der Waals surface area contributed by atoms with Gasteiger partial charge >= 0.3 is 0 Å². The van der Waals surface area contributed by atoms with Gasteiger partial charge in [-0.25, -0.2) is 22.3 Å². The molecule has 5 nitrogen and oxygen atoms in total. The molecule has 0 atom stereocenters. The molecule has 2 aromatic rings. The summed E-state index contributed by atoms with van der Waals surface area (Å²) in [6.07, 6.45) is 0. The van der Waals surface area contributed by atoms with Crippen LogP contribution in [0.3, 0.4) is 0 Å². The van der Waals surface area contributed by atoms with Crippen molar-refractivity contribution in [2.45, 2.75) is 4.90 Å². The van der Waals surface area contributed by atoms with E-state index in [1.165, 1.54) is 12.1 Å². The van der Waals surface area contributed by atoms with Gasteiger partial charge in [0, 0.05) is 11.8 Å². The summed E-state index contributed by atoms with van der Waals surface area (Å²) in [5.41, 5.74) is 6.21. The summed E-state index contributed by atoms with van der Waals surface area (Å²) >= 11 is 0. The van der Waals surface area contributed by atoms with E-state index in [1.54, 1.807) is 0 Å². The maximum absolute atomic E-state index is 13.0. The highest BCUT2D eigenvalue weighted by Crippen LogP contribution is 2.26. The molecule has 0 amide bonds. The Morgan fingerprint density at radius 1 is 1.00 bits per heavy atom. The lowest BCUT2D eigenvalue weighted by Gasteiger charge is -2.10. The van der Waals surface area contributed by atoms with Gasteiger partial charge in [-0.15, -0.1) is 0 Å². The first-order chi connectivity index (χ1) is 9.25. The summed E-state index contributed by atoms with van der Waals surface area (Å²) < 4.78 is 48.4. The molecule has 0 bridgehead atoms. The van der Waals surface area contributed by atoms with Crippen LogP contribution in [0.1, 0.15) is 0 Å². The Morgan fingerprint density at radius 3 is 2.10 bits per heavy atom. The maximum atomic E-state index is 13.0. The van der Waals surface area contributed by atoms with Crippen molar-refractivity contribution >= 4 is 27.1 Å². The number of benzene rings is 2. The number of anilines is 3. The lowest BCUT2D eigenvalue weighted by Crippen LogP contribution is -2.12. The van der Waals surface area contributed by atoms with E-state index in [1.807, 2.05) is 0 Å². The summed E-state index contributed by atoms with van der Waals surface area (Å²) in [7, 11) is -3.86. The number of nitrogens with two attached hydrogens (primary N) is 2. The van der Waals surface area contributed by atoms with Crippen molar-refractivity contribution in [3.8, 4) is 0 Å². The number of nitrogen functional groups attached to an aromatic ring is 1. The second kappa shape index (κ2) is 5.06. The van der Waals surface area contributed by atoms with Crippen molar-refractivity contribution in [1.29, 1.82) is 0 Å². The molecule has 0 aliphatic carbocycles. The van der Waals surface area contributed by atoms with Crippen LogP contribution in [-0.4, -0.2) is 8.42 Å². The lowest BCUT2D eigenvalue weighted by atomic mass is 10.2. The van der Waals surface area contributed by atoms with Crippen molar-refractivity contribution < 1.29 is 17.2 Å². The zero-order valence-electron chi connectivity index (χ0n) is 10.1. The molecule has 5 N–H and O–H groups in total. The van der Waals surface area contributed by atoms with Crippen molar-refractivity contribution in [3.05, 3.63) is 48.0 Å². The van der Waals surface area contributed by atoms with Crippen molar-refractivity contribution in [2.75, 3.05) is 11.1 Å². The highest BCUT2D eigenvalue weighted by atomic mass is 32.2. The summed E-state index contributed by atoms with van der Waals surface area (Å²) in [5, 5.41) is 7.66. The van der Waals surface area contributed by atoms with Crippen LogP contribution in [-0.2, 0) is 10.0 Å². The molecule has 0 unspecified atom stereocenters. The number of nitrogens with one attached hydrogen (secondary N) is 1. The smallest absolute Gasteiger partial charge is 0.238 e. The predicted octanol–water partition coefficient (Wildman–Crippen LogP) is 1.94. The third-order valence-corrected chi connectivity index (χ3v) is 3.40. The van der Waals surface area contributed by atoms with E-state index < -0.39 is 21.7 Å². The minimum atomic E-state index is -3.86. The Labute approximate surface area is 114 Å². The zero-order valence-corrected chi connectivity index (χ0v) is 10.9. The normalized spacial score (nSPS) is 11.3. The van der Waals surface area contributed by atoms with Gasteiger partial charge < -0.3 is 11.1 Å². The molecule has 0 aliphatic heterocycles. The van der Waals surface area contributed by atoms with Gasteiger partial charge in [0.25, 0.3) is 0 Å². The van der Waals surface area contributed by atoms with Gasteiger partial charge in [0.15, 0.2) is 0 Å². The Morgan fingerprint density at radius 2 is 1.60 bits per heavy atom. The Kier molecular flexibility index (Phi) is 3.60. The monoisotopic (exact) mass is 299 g/mol.